The van der Waals surface area contributed by atoms with Crippen LogP contribution in [0.25, 0.3) is 0 Å². The molecule has 1 fully saturated rings. The van der Waals surface area contributed by atoms with Gasteiger partial charge in [0.25, 0.3) is 0 Å². The van der Waals surface area contributed by atoms with Gasteiger partial charge in [-0.05, 0) is 58.1 Å². The molecule has 4 nitrogen and oxygen atoms in total. The van der Waals surface area contributed by atoms with Gasteiger partial charge in [0.1, 0.15) is 12.4 Å². The minimum absolute atomic E-state index is 0.727. The summed E-state index contributed by atoms with van der Waals surface area (Å²) in [5.74, 6) is 1.73. The molecule has 0 unspecified atom stereocenters. The van der Waals surface area contributed by atoms with Crippen LogP contribution < -0.4 is 15.4 Å². The number of nitrogens with one attached hydrogen (secondary N) is 2. The summed E-state index contributed by atoms with van der Waals surface area (Å²) in [6.07, 6.45) is 2.54. The van der Waals surface area contributed by atoms with Crippen molar-refractivity contribution in [1.82, 2.24) is 10.2 Å². The van der Waals surface area contributed by atoms with Gasteiger partial charge >= 0.3 is 0 Å². The number of anilines is 1. The summed E-state index contributed by atoms with van der Waals surface area (Å²) in [7, 11) is 4.11. The number of rotatable bonds is 7. The molecule has 1 aliphatic rings. The SMILES string of the molecule is CN(C)CCOc1cccc(NCC2CCNCC2)c1. The van der Waals surface area contributed by atoms with E-state index in [0.717, 1.165) is 50.1 Å². The molecular weight excluding hydrogens is 250 g/mol. The fourth-order valence-electron chi connectivity index (χ4n) is 2.39. The maximum atomic E-state index is 5.76. The molecule has 0 aromatic heterocycles. The highest BCUT2D eigenvalue weighted by Gasteiger charge is 2.12. The van der Waals surface area contributed by atoms with Gasteiger partial charge in [0.2, 0.25) is 0 Å². The van der Waals surface area contributed by atoms with Gasteiger partial charge in [-0.15, -0.1) is 0 Å². The molecular formula is C16H27N3O. The van der Waals surface area contributed by atoms with E-state index in [-0.39, 0.29) is 0 Å². The zero-order valence-electron chi connectivity index (χ0n) is 12.7. The summed E-state index contributed by atoms with van der Waals surface area (Å²) >= 11 is 0. The molecule has 1 aromatic rings. The number of likely N-dealkylation sites (N-methyl/N-ethyl adjacent to an activating group) is 1. The maximum absolute atomic E-state index is 5.76. The van der Waals surface area contributed by atoms with Crippen LogP contribution in [0.2, 0.25) is 0 Å². The quantitative estimate of drug-likeness (QED) is 0.800. The Kier molecular flexibility index (Phi) is 6.15. The van der Waals surface area contributed by atoms with Crippen molar-refractivity contribution < 1.29 is 4.74 Å². The van der Waals surface area contributed by atoms with Crippen molar-refractivity contribution in [2.45, 2.75) is 12.8 Å². The molecule has 0 radical (unpaired) electrons. The van der Waals surface area contributed by atoms with E-state index < -0.39 is 0 Å². The average Bonchev–Trinajstić information content (AvgIpc) is 2.46. The first-order valence-electron chi connectivity index (χ1n) is 7.56. The fraction of sp³-hybridized carbons (Fsp3) is 0.625. The topological polar surface area (TPSA) is 36.5 Å². The maximum Gasteiger partial charge on any atom is 0.121 e. The summed E-state index contributed by atoms with van der Waals surface area (Å²) < 4.78 is 5.76. The summed E-state index contributed by atoms with van der Waals surface area (Å²) in [5.41, 5.74) is 1.16. The average molecular weight is 277 g/mol. The van der Waals surface area contributed by atoms with E-state index >= 15 is 0 Å². The van der Waals surface area contributed by atoms with E-state index in [1.807, 2.05) is 6.07 Å². The van der Waals surface area contributed by atoms with Gasteiger partial charge in [0.05, 0.1) is 0 Å². The number of piperidine rings is 1. The molecule has 0 aliphatic carbocycles. The molecule has 1 aliphatic heterocycles. The Bertz CT molecular complexity index is 389. The fourth-order valence-corrected chi connectivity index (χ4v) is 2.39. The van der Waals surface area contributed by atoms with Gasteiger partial charge in [-0.25, -0.2) is 0 Å². The van der Waals surface area contributed by atoms with Crippen LogP contribution in [-0.4, -0.2) is 51.8 Å². The standard InChI is InChI=1S/C16H27N3O/c1-19(2)10-11-20-16-5-3-4-15(12-16)18-13-14-6-8-17-9-7-14/h3-5,12,14,17-18H,6-11,13H2,1-2H3. The lowest BCUT2D eigenvalue weighted by Crippen LogP contribution is -2.31. The van der Waals surface area contributed by atoms with Gasteiger partial charge in [0.15, 0.2) is 0 Å². The first kappa shape index (κ1) is 15.1. The molecule has 112 valence electrons. The van der Waals surface area contributed by atoms with E-state index in [1.54, 1.807) is 0 Å². The predicted molar refractivity (Wildman–Crippen MR) is 84.6 cm³/mol. The van der Waals surface area contributed by atoms with Crippen LogP contribution in [0.1, 0.15) is 12.8 Å². The summed E-state index contributed by atoms with van der Waals surface area (Å²) in [5, 5.41) is 6.94. The van der Waals surface area contributed by atoms with Crippen molar-refractivity contribution in [3.05, 3.63) is 24.3 Å². The number of hydrogen-bond acceptors (Lipinski definition) is 4. The molecule has 1 heterocycles. The lowest BCUT2D eigenvalue weighted by Gasteiger charge is -2.23. The third-order valence-electron chi connectivity index (χ3n) is 3.69. The second kappa shape index (κ2) is 8.12. The van der Waals surface area contributed by atoms with Crippen molar-refractivity contribution >= 4 is 5.69 Å². The first-order valence-corrected chi connectivity index (χ1v) is 7.56. The number of benzene rings is 1. The Labute approximate surface area is 122 Å². The smallest absolute Gasteiger partial charge is 0.121 e. The monoisotopic (exact) mass is 277 g/mol. The third-order valence-corrected chi connectivity index (χ3v) is 3.69. The molecule has 1 saturated heterocycles. The molecule has 0 bridgehead atoms. The largest absolute Gasteiger partial charge is 0.492 e. The third kappa shape index (κ3) is 5.39. The Morgan fingerprint density at radius 1 is 1.30 bits per heavy atom. The molecule has 20 heavy (non-hydrogen) atoms. The normalized spacial score (nSPS) is 16.4. The predicted octanol–water partition coefficient (Wildman–Crippen LogP) is 2.04. The minimum Gasteiger partial charge on any atom is -0.492 e. The number of hydrogen-bond donors (Lipinski definition) is 2. The highest BCUT2D eigenvalue weighted by Crippen LogP contribution is 2.19. The van der Waals surface area contributed by atoms with Gasteiger partial charge in [-0.1, -0.05) is 6.07 Å². The zero-order valence-corrected chi connectivity index (χ0v) is 12.7. The molecule has 0 atom stereocenters. The van der Waals surface area contributed by atoms with Crippen LogP contribution in [0.5, 0.6) is 5.75 Å². The second-order valence-electron chi connectivity index (χ2n) is 5.75. The summed E-state index contributed by atoms with van der Waals surface area (Å²) in [4.78, 5) is 2.12. The van der Waals surface area contributed by atoms with Crippen LogP contribution >= 0.6 is 0 Å². The van der Waals surface area contributed by atoms with Crippen LogP contribution in [-0.2, 0) is 0 Å². The van der Waals surface area contributed by atoms with E-state index in [0.29, 0.717) is 0 Å². The highest BCUT2D eigenvalue weighted by atomic mass is 16.5. The first-order chi connectivity index (χ1) is 9.74. The molecule has 0 saturated carbocycles. The van der Waals surface area contributed by atoms with Gasteiger partial charge < -0.3 is 20.3 Å². The molecule has 2 N–H and O–H groups in total. The van der Waals surface area contributed by atoms with Gasteiger partial charge in [0, 0.05) is 24.8 Å². The molecule has 0 spiro atoms. The van der Waals surface area contributed by atoms with Crippen LogP contribution in [0.4, 0.5) is 5.69 Å². The van der Waals surface area contributed by atoms with E-state index in [1.165, 1.54) is 12.8 Å². The number of nitrogens with zero attached hydrogens (tertiary/aromatic N) is 1. The van der Waals surface area contributed by atoms with Crippen molar-refractivity contribution in [2.75, 3.05) is 52.2 Å². The van der Waals surface area contributed by atoms with Crippen molar-refractivity contribution in [3.63, 3.8) is 0 Å². The summed E-state index contributed by atoms with van der Waals surface area (Å²) in [6.45, 7) is 5.03. The zero-order chi connectivity index (χ0) is 14.2. The van der Waals surface area contributed by atoms with Crippen molar-refractivity contribution in [1.29, 1.82) is 0 Å². The van der Waals surface area contributed by atoms with Crippen molar-refractivity contribution in [2.24, 2.45) is 5.92 Å². The summed E-state index contributed by atoms with van der Waals surface area (Å²) in [6, 6.07) is 8.28. The highest BCUT2D eigenvalue weighted by molar-refractivity contribution is 5.48. The van der Waals surface area contributed by atoms with Gasteiger partial charge in [-0.3, -0.25) is 0 Å². The van der Waals surface area contributed by atoms with Crippen LogP contribution in [0.3, 0.4) is 0 Å². The Balaban J connectivity index is 1.76. The lowest BCUT2D eigenvalue weighted by atomic mass is 9.98. The Morgan fingerprint density at radius 2 is 2.10 bits per heavy atom. The van der Waals surface area contributed by atoms with Crippen LogP contribution in [0, 0.1) is 5.92 Å². The Morgan fingerprint density at radius 3 is 2.85 bits per heavy atom. The Hall–Kier alpha value is -1.26. The van der Waals surface area contributed by atoms with E-state index in [9.17, 15) is 0 Å². The van der Waals surface area contributed by atoms with Gasteiger partial charge in [-0.2, -0.15) is 0 Å². The number of ether oxygens (including phenoxy) is 1. The molecule has 1 aromatic carbocycles. The van der Waals surface area contributed by atoms with Crippen molar-refractivity contribution in [3.8, 4) is 5.75 Å². The lowest BCUT2D eigenvalue weighted by molar-refractivity contribution is 0.261. The molecule has 4 heteroatoms. The molecule has 2 rings (SSSR count). The van der Waals surface area contributed by atoms with E-state index in [2.05, 4.69) is 47.8 Å². The van der Waals surface area contributed by atoms with E-state index in [4.69, 9.17) is 4.74 Å². The molecule has 0 amide bonds. The second-order valence-corrected chi connectivity index (χ2v) is 5.75. The minimum atomic E-state index is 0.727. The van der Waals surface area contributed by atoms with Crippen LogP contribution in [0.15, 0.2) is 24.3 Å².